The molecule has 0 atom stereocenters. The van der Waals surface area contributed by atoms with E-state index in [9.17, 15) is 0 Å². The molecule has 4 heterocycles. The molecule has 8 aromatic rings. The van der Waals surface area contributed by atoms with E-state index in [1.807, 2.05) is 0 Å². The maximum absolute atomic E-state index is 6.57. The van der Waals surface area contributed by atoms with E-state index < -0.39 is 78.7 Å². The van der Waals surface area contributed by atoms with Crippen LogP contribution < -0.4 is 21.9 Å². The molecule has 0 N–H and O–H groups in total. The van der Waals surface area contributed by atoms with Crippen molar-refractivity contribution in [2.75, 3.05) is 0 Å². The van der Waals surface area contributed by atoms with Crippen molar-refractivity contribution in [1.82, 2.24) is 0 Å². The highest BCUT2D eigenvalue weighted by Gasteiger charge is 2.55. The molecule has 0 spiro atoms. The highest BCUT2D eigenvalue weighted by atomic mass is 16.7. The van der Waals surface area contributed by atoms with Crippen molar-refractivity contribution in [1.29, 1.82) is 0 Å². The Labute approximate surface area is 505 Å². The van der Waals surface area contributed by atoms with Crippen LogP contribution in [-0.2, 0) is 42.6 Å². The molecule has 1 aliphatic carbocycles. The van der Waals surface area contributed by atoms with Crippen molar-refractivity contribution >= 4 is 50.3 Å². The minimum atomic E-state index is -0.820. The Balaban J connectivity index is 1.02. The molecule has 4 saturated heterocycles. The average Bonchev–Trinajstić information content (AvgIpc) is 1.63. The third-order valence-corrected chi connectivity index (χ3v) is 20.8. The molecule has 8 aromatic carbocycles. The van der Waals surface area contributed by atoms with Gasteiger partial charge in [0.2, 0.25) is 0 Å². The third-order valence-electron chi connectivity index (χ3n) is 20.8. The van der Waals surface area contributed by atoms with Crippen LogP contribution in [0.1, 0.15) is 133 Å². The normalized spacial score (nSPS) is 21.3. The van der Waals surface area contributed by atoms with E-state index in [-0.39, 0.29) is 0 Å². The van der Waals surface area contributed by atoms with Crippen LogP contribution in [0.2, 0.25) is 0 Å². The predicted molar refractivity (Wildman–Crippen MR) is 348 cm³/mol. The van der Waals surface area contributed by atoms with E-state index in [0.29, 0.717) is 0 Å². The van der Waals surface area contributed by atoms with Gasteiger partial charge in [-0.05, 0) is 247 Å². The summed E-state index contributed by atoms with van der Waals surface area (Å²) in [6.45, 7) is 33.6. The molecule has 0 saturated carbocycles. The highest BCUT2D eigenvalue weighted by Crippen LogP contribution is 2.58. The van der Waals surface area contributed by atoms with Gasteiger partial charge >= 0.3 is 28.5 Å². The lowest BCUT2D eigenvalue weighted by atomic mass is 9.66. The molecule has 8 nitrogen and oxygen atoms in total. The zero-order valence-corrected chi connectivity index (χ0v) is 52.4. The van der Waals surface area contributed by atoms with E-state index in [4.69, 9.17) is 37.2 Å². The van der Waals surface area contributed by atoms with Crippen molar-refractivity contribution in [3.05, 3.63) is 204 Å². The van der Waals surface area contributed by atoms with Crippen LogP contribution in [0.4, 0.5) is 0 Å². The van der Waals surface area contributed by atoms with Gasteiger partial charge in [0.25, 0.3) is 0 Å². The lowest BCUT2D eigenvalue weighted by Crippen LogP contribution is -2.41. The SMILES string of the molecule is CC1(C)OB(c2ccc(-c3cc(-c4ccc(B5OC(C)(C)C(C)(C)O5)cc4)cc(C4(c5cc(-c6ccc(B7OC(C)(C)C(C)(C)O7)cc6)cc(-c6ccc(B7OC(C)(C)C(C)(C)O7)cc6)c5)c5ccccc5-c5ccccc54)c3)cc2)OC1(C)C. The Morgan fingerprint density at radius 2 is 0.424 bits per heavy atom. The predicted octanol–water partition coefficient (Wildman–Crippen LogP) is 13.9. The van der Waals surface area contributed by atoms with Gasteiger partial charge in [0.1, 0.15) is 0 Å². The summed E-state index contributed by atoms with van der Waals surface area (Å²) in [5.41, 5.74) is 15.1. The molecule has 12 heteroatoms. The van der Waals surface area contributed by atoms with Crippen LogP contribution in [0.3, 0.4) is 0 Å². The fraction of sp³-hybridized carbons (Fsp3) is 0.342. The first kappa shape index (κ1) is 57.8. The van der Waals surface area contributed by atoms with Gasteiger partial charge in [-0.1, -0.05) is 146 Å². The molecule has 430 valence electrons. The topological polar surface area (TPSA) is 73.8 Å². The maximum Gasteiger partial charge on any atom is 0.494 e. The smallest absolute Gasteiger partial charge is 0.399 e. The summed E-state index contributed by atoms with van der Waals surface area (Å²) >= 11 is 0. The first-order valence-corrected chi connectivity index (χ1v) is 30.3. The minimum absolute atomic E-state index is 0.466. The third kappa shape index (κ3) is 9.57. The molecule has 0 amide bonds. The van der Waals surface area contributed by atoms with Gasteiger partial charge in [0, 0.05) is 0 Å². The van der Waals surface area contributed by atoms with Gasteiger partial charge in [-0.3, -0.25) is 0 Å². The molecular weight excluding hydrogens is 1050 g/mol. The monoisotopic (exact) mass is 1130 g/mol. The molecule has 5 aliphatic rings. The molecule has 0 unspecified atom stereocenters. The molecule has 0 aromatic heterocycles. The quantitative estimate of drug-likeness (QED) is 0.125. The molecule has 85 heavy (non-hydrogen) atoms. The first-order chi connectivity index (χ1) is 40.0. The van der Waals surface area contributed by atoms with Crippen molar-refractivity contribution in [3.63, 3.8) is 0 Å². The number of benzene rings is 8. The first-order valence-electron chi connectivity index (χ1n) is 30.3. The van der Waals surface area contributed by atoms with Crippen LogP contribution in [0.15, 0.2) is 182 Å². The van der Waals surface area contributed by atoms with E-state index in [1.54, 1.807) is 0 Å². The lowest BCUT2D eigenvalue weighted by molar-refractivity contribution is 0.00578. The van der Waals surface area contributed by atoms with E-state index in [2.05, 4.69) is 293 Å². The van der Waals surface area contributed by atoms with Gasteiger partial charge in [-0.2, -0.15) is 0 Å². The second-order valence-electron chi connectivity index (χ2n) is 28.3. The van der Waals surface area contributed by atoms with Gasteiger partial charge in [0.15, 0.2) is 0 Å². The highest BCUT2D eigenvalue weighted by molar-refractivity contribution is 6.63. The van der Waals surface area contributed by atoms with Crippen molar-refractivity contribution < 1.29 is 37.2 Å². The summed E-state index contributed by atoms with van der Waals surface area (Å²) in [6, 6.07) is 67.3. The van der Waals surface area contributed by atoms with E-state index in [0.717, 1.165) is 77.5 Å². The Morgan fingerprint density at radius 3 is 0.635 bits per heavy atom. The Hall–Kier alpha value is -6.30. The van der Waals surface area contributed by atoms with Crippen LogP contribution in [-0.4, -0.2) is 73.3 Å². The summed E-state index contributed by atoms with van der Waals surface area (Å²) in [7, 11) is -1.95. The molecule has 4 aliphatic heterocycles. The summed E-state index contributed by atoms with van der Waals surface area (Å²) < 4.78 is 52.5. The number of rotatable bonds is 10. The van der Waals surface area contributed by atoms with Crippen LogP contribution in [0.5, 0.6) is 0 Å². The molecular formula is C73H78B4O8. The fourth-order valence-electron chi connectivity index (χ4n) is 12.6. The van der Waals surface area contributed by atoms with Crippen molar-refractivity contribution in [2.45, 2.75) is 161 Å². The molecule has 13 rings (SSSR count). The fourth-order valence-corrected chi connectivity index (χ4v) is 12.6. The molecule has 0 bridgehead atoms. The number of hydrogen-bond acceptors (Lipinski definition) is 8. The van der Waals surface area contributed by atoms with Crippen LogP contribution in [0.25, 0.3) is 55.6 Å². The van der Waals surface area contributed by atoms with Gasteiger partial charge in [0.05, 0.1) is 50.2 Å². The van der Waals surface area contributed by atoms with E-state index >= 15 is 0 Å². The van der Waals surface area contributed by atoms with Crippen LogP contribution in [0, 0.1) is 0 Å². The van der Waals surface area contributed by atoms with Gasteiger partial charge in [-0.15, -0.1) is 0 Å². The second-order valence-corrected chi connectivity index (χ2v) is 28.3. The summed E-state index contributed by atoms with van der Waals surface area (Å²) in [4.78, 5) is 0. The second kappa shape index (κ2) is 19.9. The van der Waals surface area contributed by atoms with Crippen LogP contribution >= 0.6 is 0 Å². The Kier molecular flexibility index (Phi) is 13.5. The van der Waals surface area contributed by atoms with Crippen molar-refractivity contribution in [2.24, 2.45) is 0 Å². The number of fused-ring (bicyclic) bond motifs is 3. The summed E-state index contributed by atoms with van der Waals surface area (Å²) in [6.07, 6.45) is 0. The lowest BCUT2D eigenvalue weighted by Gasteiger charge is -2.35. The zero-order chi connectivity index (χ0) is 60.1. The Morgan fingerprint density at radius 1 is 0.224 bits per heavy atom. The standard InChI is InChI=1S/C73H78B4O8/c1-65(2)66(3,4)79-74(78-65)57-33-25-47(26-34-57)51-41-52(48-27-35-58(36-28-48)75-80-67(5,6)68(7,8)81-75)44-55(43-51)73(63-23-19-17-21-61(63)62-22-18-20-24-64(62)73)56-45-53(49-29-37-59(38-30-49)76-82-69(9,10)70(11,12)83-76)42-54(46-56)50-31-39-60(40-32-50)77-84-71(13,14)72(15,16)85-77/h17-46H,1-16H3. The summed E-state index contributed by atoms with van der Waals surface area (Å²) in [5.74, 6) is 0. The van der Waals surface area contributed by atoms with Gasteiger partial charge < -0.3 is 37.2 Å². The number of hydrogen-bond donors (Lipinski definition) is 0. The molecule has 0 radical (unpaired) electrons. The van der Waals surface area contributed by atoms with Gasteiger partial charge in [-0.25, -0.2) is 0 Å². The maximum atomic E-state index is 6.57. The average molecular weight is 1130 g/mol. The summed E-state index contributed by atoms with van der Waals surface area (Å²) in [5, 5.41) is 0. The largest absolute Gasteiger partial charge is 0.494 e. The Bertz CT molecular complexity index is 3370. The van der Waals surface area contributed by atoms with Crippen molar-refractivity contribution in [3.8, 4) is 55.6 Å². The molecule has 4 fully saturated rings. The van der Waals surface area contributed by atoms with E-state index in [1.165, 1.54) is 22.3 Å². The zero-order valence-electron chi connectivity index (χ0n) is 52.4. The minimum Gasteiger partial charge on any atom is -0.399 e.